The third-order valence-electron chi connectivity index (χ3n) is 2.06. The second-order valence-electron chi connectivity index (χ2n) is 2.74. The molecular weight excluding hydrogens is 140 g/mol. The Hall–Kier alpha value is -1.37. The number of nitrogens with zero attached hydrogens (tertiary/aromatic N) is 4. The van der Waals surface area contributed by atoms with E-state index in [0.717, 1.165) is 0 Å². The van der Waals surface area contributed by atoms with Crippen LogP contribution in [-0.2, 0) is 0 Å². The van der Waals surface area contributed by atoms with Crippen LogP contribution in [0.15, 0.2) is 6.33 Å². The molecule has 0 N–H and O–H groups in total. The maximum Gasteiger partial charge on any atom is 0.252 e. The van der Waals surface area contributed by atoms with Gasteiger partial charge in [0, 0.05) is 0 Å². The quantitative estimate of drug-likeness (QED) is 0.593. The van der Waals surface area contributed by atoms with E-state index in [1.54, 1.807) is 11.0 Å². The molecule has 1 aliphatic rings. The summed E-state index contributed by atoms with van der Waals surface area (Å²) in [6, 6.07) is 2.41. The van der Waals surface area contributed by atoms with Gasteiger partial charge in [-0.2, -0.15) is 5.26 Å². The molecule has 4 nitrogen and oxygen atoms in total. The zero-order valence-electron chi connectivity index (χ0n) is 6.06. The van der Waals surface area contributed by atoms with Crippen LogP contribution >= 0.6 is 0 Å². The Morgan fingerprint density at radius 1 is 1.64 bits per heavy atom. The predicted molar refractivity (Wildman–Crippen MR) is 37.6 cm³/mol. The standard InChI is InChI=1S/C7H8N4/c8-4-7-9-5-11(10-7)6-2-1-3-6/h5-6H,1-3H2. The van der Waals surface area contributed by atoms with E-state index in [9.17, 15) is 0 Å². The number of hydrogen-bond donors (Lipinski definition) is 0. The maximum absolute atomic E-state index is 8.44. The zero-order chi connectivity index (χ0) is 7.68. The molecule has 11 heavy (non-hydrogen) atoms. The molecule has 0 bridgehead atoms. The van der Waals surface area contributed by atoms with E-state index in [0.29, 0.717) is 6.04 Å². The molecule has 4 heteroatoms. The fourth-order valence-corrected chi connectivity index (χ4v) is 1.15. The fraction of sp³-hybridized carbons (Fsp3) is 0.571. The van der Waals surface area contributed by atoms with E-state index >= 15 is 0 Å². The Morgan fingerprint density at radius 3 is 2.91 bits per heavy atom. The minimum atomic E-state index is 0.275. The highest BCUT2D eigenvalue weighted by Gasteiger charge is 2.20. The normalized spacial score (nSPS) is 17.4. The molecule has 0 radical (unpaired) electrons. The van der Waals surface area contributed by atoms with Gasteiger partial charge in [0.05, 0.1) is 6.04 Å². The number of rotatable bonds is 1. The smallest absolute Gasteiger partial charge is 0.249 e. The van der Waals surface area contributed by atoms with Crippen LogP contribution in [0.3, 0.4) is 0 Å². The molecule has 0 aliphatic heterocycles. The fourth-order valence-electron chi connectivity index (χ4n) is 1.15. The van der Waals surface area contributed by atoms with Crippen LogP contribution in [0.1, 0.15) is 31.1 Å². The molecule has 0 aromatic carbocycles. The van der Waals surface area contributed by atoms with Gasteiger partial charge in [0.1, 0.15) is 12.4 Å². The van der Waals surface area contributed by atoms with Gasteiger partial charge < -0.3 is 0 Å². The molecule has 1 fully saturated rings. The zero-order valence-corrected chi connectivity index (χ0v) is 6.06. The van der Waals surface area contributed by atoms with Crippen LogP contribution in [0.4, 0.5) is 0 Å². The van der Waals surface area contributed by atoms with Crippen molar-refractivity contribution in [3.8, 4) is 6.07 Å². The first-order valence-corrected chi connectivity index (χ1v) is 3.71. The highest BCUT2D eigenvalue weighted by molar-refractivity contribution is 5.05. The molecule has 0 saturated heterocycles. The van der Waals surface area contributed by atoms with Crippen molar-refractivity contribution < 1.29 is 0 Å². The van der Waals surface area contributed by atoms with E-state index in [-0.39, 0.29) is 5.82 Å². The number of nitriles is 1. The predicted octanol–water partition coefficient (Wildman–Crippen LogP) is 0.875. The van der Waals surface area contributed by atoms with Gasteiger partial charge in [-0.3, -0.25) is 0 Å². The van der Waals surface area contributed by atoms with E-state index < -0.39 is 0 Å². The van der Waals surface area contributed by atoms with Crippen LogP contribution in [-0.4, -0.2) is 14.8 Å². The molecular formula is C7H8N4. The Kier molecular flexibility index (Phi) is 1.35. The van der Waals surface area contributed by atoms with Crippen molar-refractivity contribution in [1.82, 2.24) is 14.8 Å². The molecule has 1 aromatic rings. The molecule has 56 valence electrons. The van der Waals surface area contributed by atoms with Crippen LogP contribution in [0.5, 0.6) is 0 Å². The molecule has 0 amide bonds. The minimum Gasteiger partial charge on any atom is -0.249 e. The third kappa shape index (κ3) is 0.984. The first-order valence-electron chi connectivity index (χ1n) is 3.71. The number of aromatic nitrogens is 3. The first kappa shape index (κ1) is 6.35. The SMILES string of the molecule is N#Cc1ncn(C2CCC2)n1. The van der Waals surface area contributed by atoms with Crippen molar-refractivity contribution in [3.63, 3.8) is 0 Å². The maximum atomic E-state index is 8.44. The van der Waals surface area contributed by atoms with Gasteiger partial charge in [-0.05, 0) is 19.3 Å². The Bertz CT molecular complexity index is 292. The van der Waals surface area contributed by atoms with E-state index in [4.69, 9.17) is 5.26 Å². The van der Waals surface area contributed by atoms with Crippen molar-refractivity contribution in [3.05, 3.63) is 12.2 Å². The molecule has 1 aromatic heterocycles. The number of hydrogen-bond acceptors (Lipinski definition) is 3. The molecule has 0 unspecified atom stereocenters. The third-order valence-corrected chi connectivity index (χ3v) is 2.06. The first-order chi connectivity index (χ1) is 5.40. The summed E-state index contributed by atoms with van der Waals surface area (Å²) in [5.41, 5.74) is 0. The lowest BCUT2D eigenvalue weighted by molar-refractivity contribution is 0.288. The van der Waals surface area contributed by atoms with E-state index in [1.165, 1.54) is 19.3 Å². The molecule has 0 spiro atoms. The topological polar surface area (TPSA) is 54.5 Å². The summed E-state index contributed by atoms with van der Waals surface area (Å²) in [7, 11) is 0. The molecule has 1 aliphatic carbocycles. The van der Waals surface area contributed by atoms with Crippen LogP contribution in [0, 0.1) is 11.3 Å². The lowest BCUT2D eigenvalue weighted by Gasteiger charge is -2.24. The van der Waals surface area contributed by atoms with E-state index in [2.05, 4.69) is 10.1 Å². The molecule has 2 rings (SSSR count). The average Bonchev–Trinajstić information content (AvgIpc) is 2.32. The summed E-state index contributed by atoms with van der Waals surface area (Å²) in [5.74, 6) is 0.275. The molecule has 1 heterocycles. The summed E-state index contributed by atoms with van der Waals surface area (Å²) in [4.78, 5) is 3.83. The largest absolute Gasteiger partial charge is 0.252 e. The Labute approximate surface area is 64.5 Å². The summed E-state index contributed by atoms with van der Waals surface area (Å²) in [5, 5.41) is 12.4. The summed E-state index contributed by atoms with van der Waals surface area (Å²) >= 11 is 0. The summed E-state index contributed by atoms with van der Waals surface area (Å²) in [6.45, 7) is 0. The summed E-state index contributed by atoms with van der Waals surface area (Å²) < 4.78 is 1.79. The highest BCUT2D eigenvalue weighted by atomic mass is 15.3. The van der Waals surface area contributed by atoms with Crippen molar-refractivity contribution in [1.29, 1.82) is 5.26 Å². The van der Waals surface area contributed by atoms with Crippen LogP contribution in [0.2, 0.25) is 0 Å². The van der Waals surface area contributed by atoms with Gasteiger partial charge in [0.2, 0.25) is 0 Å². The monoisotopic (exact) mass is 148 g/mol. The van der Waals surface area contributed by atoms with Gasteiger partial charge in [-0.15, -0.1) is 5.10 Å². The average molecular weight is 148 g/mol. The minimum absolute atomic E-state index is 0.275. The van der Waals surface area contributed by atoms with Gasteiger partial charge in [0.15, 0.2) is 0 Å². The lowest BCUT2D eigenvalue weighted by Crippen LogP contribution is -2.17. The highest BCUT2D eigenvalue weighted by Crippen LogP contribution is 2.30. The molecule has 1 saturated carbocycles. The lowest BCUT2D eigenvalue weighted by atomic mass is 9.94. The molecule has 0 atom stereocenters. The second kappa shape index (κ2) is 2.35. The Morgan fingerprint density at radius 2 is 2.45 bits per heavy atom. The second-order valence-corrected chi connectivity index (χ2v) is 2.74. The van der Waals surface area contributed by atoms with Crippen molar-refractivity contribution in [2.75, 3.05) is 0 Å². The van der Waals surface area contributed by atoms with Crippen molar-refractivity contribution >= 4 is 0 Å². The van der Waals surface area contributed by atoms with E-state index in [1.807, 2.05) is 6.07 Å². The summed E-state index contributed by atoms with van der Waals surface area (Å²) in [6.07, 6.45) is 5.26. The van der Waals surface area contributed by atoms with Gasteiger partial charge in [-0.25, -0.2) is 9.67 Å². The van der Waals surface area contributed by atoms with Gasteiger partial charge in [-0.1, -0.05) is 0 Å². The van der Waals surface area contributed by atoms with Crippen molar-refractivity contribution in [2.24, 2.45) is 0 Å². The van der Waals surface area contributed by atoms with Crippen LogP contribution < -0.4 is 0 Å². The van der Waals surface area contributed by atoms with Crippen LogP contribution in [0.25, 0.3) is 0 Å². The van der Waals surface area contributed by atoms with Gasteiger partial charge in [0.25, 0.3) is 5.82 Å². The van der Waals surface area contributed by atoms with Crippen molar-refractivity contribution in [2.45, 2.75) is 25.3 Å². The Balaban J connectivity index is 2.19. The van der Waals surface area contributed by atoms with Gasteiger partial charge >= 0.3 is 0 Å².